The molecule has 2 nitrogen and oxygen atoms in total. The maximum atomic E-state index is 13.3. The minimum absolute atomic E-state index is 0.258. The summed E-state index contributed by atoms with van der Waals surface area (Å²) in [5.41, 5.74) is 3.58. The van der Waals surface area contributed by atoms with Gasteiger partial charge in [-0.25, -0.2) is 18.8 Å². The van der Waals surface area contributed by atoms with Crippen molar-refractivity contribution in [2.24, 2.45) is 9.98 Å². The van der Waals surface area contributed by atoms with Crippen LogP contribution in [0.1, 0.15) is 11.1 Å². The van der Waals surface area contributed by atoms with Crippen LogP contribution in [-0.2, 0) is 0 Å². The zero-order valence-corrected chi connectivity index (χ0v) is 17.0. The lowest BCUT2D eigenvalue weighted by Crippen LogP contribution is -2.03. The van der Waals surface area contributed by atoms with Crippen molar-refractivity contribution in [3.8, 4) is 0 Å². The Morgan fingerprint density at radius 3 is 1.30 bits per heavy atom. The highest BCUT2D eigenvalue weighted by atomic mass is 32.2. The Morgan fingerprint density at radius 1 is 0.500 bits per heavy atom. The lowest BCUT2D eigenvalue weighted by molar-refractivity contribution is 0.627. The van der Waals surface area contributed by atoms with Gasteiger partial charge in [-0.3, -0.25) is 0 Å². The third kappa shape index (κ3) is 2.87. The Labute approximate surface area is 179 Å². The van der Waals surface area contributed by atoms with Crippen molar-refractivity contribution in [2.45, 2.75) is 9.79 Å². The van der Waals surface area contributed by atoms with E-state index in [0.717, 1.165) is 53.2 Å². The number of thioether (sulfide) groups is 2. The van der Waals surface area contributed by atoms with Crippen LogP contribution in [0.3, 0.4) is 0 Å². The first-order valence-corrected chi connectivity index (χ1v) is 10.9. The van der Waals surface area contributed by atoms with Gasteiger partial charge in [0, 0.05) is 31.7 Å². The van der Waals surface area contributed by atoms with Gasteiger partial charge in [-0.2, -0.15) is 0 Å². The van der Waals surface area contributed by atoms with Gasteiger partial charge in [-0.05, 0) is 72.8 Å². The van der Waals surface area contributed by atoms with E-state index in [1.807, 2.05) is 12.1 Å². The predicted molar refractivity (Wildman–Crippen MR) is 121 cm³/mol. The molecule has 0 saturated carbocycles. The standard InChI is InChI=1S/C24H12F2N2S2/c25-15-5-1-13(2-6-15)23-27-17-9-12-20-22-18(10-11-19(29-23)21(17)22)28-24(30-20)14-3-7-16(26)8-4-14/h1-12H. The molecule has 2 heterocycles. The second-order valence-electron chi connectivity index (χ2n) is 6.97. The summed E-state index contributed by atoms with van der Waals surface area (Å²) < 4.78 is 26.6. The van der Waals surface area contributed by atoms with Crippen LogP contribution in [0.4, 0.5) is 20.2 Å². The molecule has 0 atom stereocenters. The summed E-state index contributed by atoms with van der Waals surface area (Å²) >= 11 is 3.17. The van der Waals surface area contributed by atoms with Crippen molar-refractivity contribution in [1.29, 1.82) is 0 Å². The van der Waals surface area contributed by atoms with Gasteiger partial charge in [0.15, 0.2) is 0 Å². The lowest BCUT2D eigenvalue weighted by Gasteiger charge is -2.22. The van der Waals surface area contributed by atoms with Crippen LogP contribution >= 0.6 is 23.5 Å². The number of halogens is 2. The fourth-order valence-corrected chi connectivity index (χ4v) is 5.76. The molecule has 4 aromatic rings. The Kier molecular flexibility index (Phi) is 4.04. The largest absolute Gasteiger partial charge is 0.240 e. The highest BCUT2D eigenvalue weighted by molar-refractivity contribution is 8.15. The number of hydrogen-bond acceptors (Lipinski definition) is 4. The summed E-state index contributed by atoms with van der Waals surface area (Å²) in [6, 6.07) is 21.0. The first-order valence-electron chi connectivity index (χ1n) is 9.30. The first-order chi connectivity index (χ1) is 14.7. The number of benzene rings is 4. The highest BCUT2D eigenvalue weighted by Crippen LogP contribution is 2.50. The SMILES string of the molecule is Fc1ccc(C2=Nc3ccc4c5c(ccc(c35)S2)N=C(c2ccc(F)cc2)S4)cc1. The highest BCUT2D eigenvalue weighted by Gasteiger charge is 2.24. The Balaban J connectivity index is 1.50. The van der Waals surface area contributed by atoms with Gasteiger partial charge < -0.3 is 0 Å². The number of aliphatic imine (C=N–C) groups is 2. The van der Waals surface area contributed by atoms with Gasteiger partial charge in [0.25, 0.3) is 0 Å². The van der Waals surface area contributed by atoms with E-state index >= 15 is 0 Å². The summed E-state index contributed by atoms with van der Waals surface area (Å²) in [6.45, 7) is 0. The van der Waals surface area contributed by atoms with Crippen molar-refractivity contribution < 1.29 is 8.78 Å². The lowest BCUT2D eigenvalue weighted by atomic mass is 10.1. The van der Waals surface area contributed by atoms with Crippen LogP contribution in [-0.4, -0.2) is 10.1 Å². The van der Waals surface area contributed by atoms with Crippen molar-refractivity contribution in [3.63, 3.8) is 0 Å². The molecule has 144 valence electrons. The van der Waals surface area contributed by atoms with E-state index in [2.05, 4.69) is 12.1 Å². The topological polar surface area (TPSA) is 24.7 Å². The summed E-state index contributed by atoms with van der Waals surface area (Å²) in [6.07, 6.45) is 0. The van der Waals surface area contributed by atoms with Gasteiger partial charge in [0.05, 0.1) is 11.4 Å². The predicted octanol–water partition coefficient (Wildman–Crippen LogP) is 7.49. The molecule has 0 amide bonds. The van der Waals surface area contributed by atoms with Crippen LogP contribution in [0.5, 0.6) is 0 Å². The molecule has 0 spiro atoms. The minimum Gasteiger partial charge on any atom is -0.240 e. The Hall–Kier alpha value is -2.96. The molecule has 2 aliphatic rings. The molecule has 0 saturated heterocycles. The van der Waals surface area contributed by atoms with Crippen molar-refractivity contribution in [3.05, 3.63) is 95.6 Å². The molecule has 0 bridgehead atoms. The second kappa shape index (κ2) is 6.79. The number of nitrogens with zero attached hydrogens (tertiary/aromatic N) is 2. The van der Waals surface area contributed by atoms with Crippen molar-refractivity contribution in [2.75, 3.05) is 0 Å². The summed E-state index contributed by atoms with van der Waals surface area (Å²) in [7, 11) is 0. The van der Waals surface area contributed by atoms with Gasteiger partial charge in [-0.15, -0.1) is 0 Å². The maximum absolute atomic E-state index is 13.3. The van der Waals surface area contributed by atoms with Gasteiger partial charge in [0.2, 0.25) is 0 Å². The van der Waals surface area contributed by atoms with Crippen molar-refractivity contribution >= 4 is 55.8 Å². The third-order valence-electron chi connectivity index (χ3n) is 5.08. The molecular formula is C24H12F2N2S2. The maximum Gasteiger partial charge on any atom is 0.123 e. The van der Waals surface area contributed by atoms with E-state index in [9.17, 15) is 8.78 Å². The van der Waals surface area contributed by atoms with Crippen molar-refractivity contribution in [1.82, 2.24) is 0 Å². The molecular weight excluding hydrogens is 418 g/mol. The van der Waals surface area contributed by atoms with E-state index < -0.39 is 0 Å². The normalized spacial score (nSPS) is 14.5. The van der Waals surface area contributed by atoms with Crippen LogP contribution in [0.2, 0.25) is 0 Å². The molecule has 0 N–H and O–H groups in total. The second-order valence-corrected chi connectivity index (χ2v) is 9.03. The Bertz CT molecular complexity index is 1280. The van der Waals surface area contributed by atoms with E-state index in [4.69, 9.17) is 9.98 Å². The third-order valence-corrected chi connectivity index (χ3v) is 7.24. The first kappa shape index (κ1) is 17.9. The zero-order valence-electron chi connectivity index (χ0n) is 15.4. The molecule has 0 aliphatic carbocycles. The summed E-state index contributed by atoms with van der Waals surface area (Å²) in [4.78, 5) is 11.9. The smallest absolute Gasteiger partial charge is 0.123 e. The van der Waals surface area contributed by atoms with Crippen LogP contribution in [0.15, 0.2) is 92.6 Å². The minimum atomic E-state index is -0.258. The van der Waals surface area contributed by atoms with Crippen LogP contribution in [0.25, 0.3) is 10.8 Å². The van der Waals surface area contributed by atoms with E-state index in [1.165, 1.54) is 24.3 Å². The van der Waals surface area contributed by atoms with E-state index in [-0.39, 0.29) is 11.6 Å². The fraction of sp³-hybridized carbons (Fsp3) is 0. The molecule has 30 heavy (non-hydrogen) atoms. The molecule has 0 aromatic heterocycles. The zero-order chi connectivity index (χ0) is 20.2. The monoisotopic (exact) mass is 430 g/mol. The quantitative estimate of drug-likeness (QED) is 0.329. The summed E-state index contributed by atoms with van der Waals surface area (Å²) in [5.74, 6) is -0.517. The van der Waals surface area contributed by atoms with Crippen LogP contribution in [0, 0.1) is 11.6 Å². The Morgan fingerprint density at radius 2 is 0.900 bits per heavy atom. The van der Waals surface area contributed by atoms with Gasteiger partial charge in [0.1, 0.15) is 21.7 Å². The molecule has 6 rings (SSSR count). The molecule has 0 fully saturated rings. The molecule has 6 heteroatoms. The fourth-order valence-electron chi connectivity index (χ4n) is 3.66. The average Bonchev–Trinajstić information content (AvgIpc) is 2.78. The van der Waals surface area contributed by atoms with Gasteiger partial charge in [-0.1, -0.05) is 23.5 Å². The molecule has 0 radical (unpaired) electrons. The summed E-state index contributed by atoms with van der Waals surface area (Å²) in [5, 5.41) is 3.89. The number of hydrogen-bond donors (Lipinski definition) is 0. The van der Waals surface area contributed by atoms with Gasteiger partial charge >= 0.3 is 0 Å². The van der Waals surface area contributed by atoms with E-state index in [1.54, 1.807) is 47.8 Å². The molecule has 4 aromatic carbocycles. The van der Waals surface area contributed by atoms with E-state index in [0.29, 0.717) is 0 Å². The molecule has 0 unspecified atom stereocenters. The molecule has 2 aliphatic heterocycles. The number of rotatable bonds is 2. The average molecular weight is 431 g/mol. The van der Waals surface area contributed by atoms with Crippen LogP contribution < -0.4 is 0 Å².